The first-order valence-corrected chi connectivity index (χ1v) is 8.24. The summed E-state index contributed by atoms with van der Waals surface area (Å²) in [7, 11) is 0. The molecule has 0 aromatic carbocycles. The van der Waals surface area contributed by atoms with Crippen molar-refractivity contribution in [2.45, 2.75) is 51.2 Å². The predicted octanol–water partition coefficient (Wildman–Crippen LogP) is 1.85. The standard InChI is InChI=1S/C17H23N3O3/c1-11(2)19-17(22)23-13-9-20(10-13)16(21)14-7-3-5-12-6-4-8-18-15(12)14/h4,6,8,11,13-14H,3,5,7,9-10H2,1-2H3,(H,19,22). The molecule has 1 aromatic rings. The molecule has 1 N–H and O–H groups in total. The number of pyridine rings is 1. The van der Waals surface area contributed by atoms with Gasteiger partial charge in [0.25, 0.3) is 0 Å². The van der Waals surface area contributed by atoms with Crippen molar-refractivity contribution in [1.29, 1.82) is 0 Å². The molecule has 3 rings (SSSR count). The lowest BCUT2D eigenvalue weighted by atomic mass is 9.85. The molecular formula is C17H23N3O3. The molecule has 2 heterocycles. The number of aromatic nitrogens is 1. The van der Waals surface area contributed by atoms with Crippen molar-refractivity contribution in [3.8, 4) is 0 Å². The van der Waals surface area contributed by atoms with Crippen LogP contribution in [0.5, 0.6) is 0 Å². The molecule has 1 unspecified atom stereocenters. The molecule has 2 aliphatic rings. The van der Waals surface area contributed by atoms with Gasteiger partial charge in [-0.1, -0.05) is 6.07 Å². The Morgan fingerprint density at radius 3 is 2.91 bits per heavy atom. The SMILES string of the molecule is CC(C)NC(=O)OC1CN(C(=O)C2CCCc3cccnc32)C1. The second-order valence-corrected chi connectivity index (χ2v) is 6.56. The lowest BCUT2D eigenvalue weighted by Gasteiger charge is -2.40. The third kappa shape index (κ3) is 3.46. The minimum atomic E-state index is -0.415. The van der Waals surface area contributed by atoms with Crippen LogP contribution < -0.4 is 5.32 Å². The molecule has 0 radical (unpaired) electrons. The summed E-state index contributed by atoms with van der Waals surface area (Å²) >= 11 is 0. The first kappa shape index (κ1) is 15.8. The normalized spacial score (nSPS) is 20.7. The first-order valence-electron chi connectivity index (χ1n) is 8.24. The lowest BCUT2D eigenvalue weighted by molar-refractivity contribution is -0.143. The average molecular weight is 317 g/mol. The summed E-state index contributed by atoms with van der Waals surface area (Å²) in [5.41, 5.74) is 2.10. The van der Waals surface area contributed by atoms with Crippen LogP contribution in [0.25, 0.3) is 0 Å². The van der Waals surface area contributed by atoms with Crippen LogP contribution in [0.2, 0.25) is 0 Å². The number of nitrogens with zero attached hydrogens (tertiary/aromatic N) is 2. The van der Waals surface area contributed by atoms with Crippen molar-refractivity contribution in [3.63, 3.8) is 0 Å². The van der Waals surface area contributed by atoms with Crippen LogP contribution in [-0.2, 0) is 16.0 Å². The van der Waals surface area contributed by atoms with Gasteiger partial charge in [-0.2, -0.15) is 0 Å². The van der Waals surface area contributed by atoms with E-state index in [1.165, 1.54) is 5.56 Å². The fourth-order valence-corrected chi connectivity index (χ4v) is 3.18. The average Bonchev–Trinajstić information content (AvgIpc) is 2.48. The summed E-state index contributed by atoms with van der Waals surface area (Å²) in [4.78, 5) is 30.4. The van der Waals surface area contributed by atoms with Crippen LogP contribution in [-0.4, -0.2) is 47.1 Å². The summed E-state index contributed by atoms with van der Waals surface area (Å²) < 4.78 is 5.27. The molecule has 0 spiro atoms. The van der Waals surface area contributed by atoms with Gasteiger partial charge in [0.15, 0.2) is 0 Å². The van der Waals surface area contributed by atoms with E-state index in [4.69, 9.17) is 4.74 Å². The van der Waals surface area contributed by atoms with Gasteiger partial charge in [-0.3, -0.25) is 9.78 Å². The van der Waals surface area contributed by atoms with Gasteiger partial charge in [-0.25, -0.2) is 4.79 Å². The molecule has 1 atom stereocenters. The second-order valence-electron chi connectivity index (χ2n) is 6.56. The molecule has 6 heteroatoms. The van der Waals surface area contributed by atoms with Crippen LogP contribution in [0.4, 0.5) is 4.79 Å². The Hall–Kier alpha value is -2.11. The van der Waals surface area contributed by atoms with Crippen LogP contribution >= 0.6 is 0 Å². The quantitative estimate of drug-likeness (QED) is 0.923. The maximum Gasteiger partial charge on any atom is 0.407 e. The third-order valence-corrected chi connectivity index (χ3v) is 4.33. The molecular weight excluding hydrogens is 294 g/mol. The number of carbonyl (C=O) groups is 2. The Morgan fingerprint density at radius 1 is 1.39 bits per heavy atom. The van der Waals surface area contributed by atoms with E-state index in [9.17, 15) is 9.59 Å². The molecule has 1 saturated heterocycles. The lowest BCUT2D eigenvalue weighted by Crippen LogP contribution is -2.57. The predicted molar refractivity (Wildman–Crippen MR) is 85.0 cm³/mol. The number of aryl methyl sites for hydroxylation is 1. The van der Waals surface area contributed by atoms with Crippen LogP contribution in [0, 0.1) is 0 Å². The minimum Gasteiger partial charge on any atom is -0.442 e. The molecule has 124 valence electrons. The highest BCUT2D eigenvalue weighted by molar-refractivity contribution is 5.84. The molecule has 0 saturated carbocycles. The topological polar surface area (TPSA) is 71.5 Å². The molecule has 6 nitrogen and oxygen atoms in total. The monoisotopic (exact) mass is 317 g/mol. The van der Waals surface area contributed by atoms with Gasteiger partial charge in [0.05, 0.1) is 24.7 Å². The number of hydrogen-bond donors (Lipinski definition) is 1. The van der Waals surface area contributed by atoms with Crippen molar-refractivity contribution < 1.29 is 14.3 Å². The van der Waals surface area contributed by atoms with E-state index >= 15 is 0 Å². The van der Waals surface area contributed by atoms with E-state index in [0.717, 1.165) is 25.0 Å². The highest BCUT2D eigenvalue weighted by atomic mass is 16.6. The second kappa shape index (κ2) is 6.56. The zero-order valence-electron chi connectivity index (χ0n) is 13.6. The van der Waals surface area contributed by atoms with Gasteiger partial charge in [-0.05, 0) is 44.7 Å². The van der Waals surface area contributed by atoms with Gasteiger partial charge in [0, 0.05) is 12.2 Å². The molecule has 2 amide bonds. The highest BCUT2D eigenvalue weighted by Gasteiger charge is 2.38. The van der Waals surface area contributed by atoms with E-state index in [2.05, 4.69) is 16.4 Å². The van der Waals surface area contributed by atoms with Gasteiger partial charge in [0.1, 0.15) is 6.10 Å². The van der Waals surface area contributed by atoms with Gasteiger partial charge >= 0.3 is 6.09 Å². The fraction of sp³-hybridized carbons (Fsp3) is 0.588. The van der Waals surface area contributed by atoms with Gasteiger partial charge in [-0.15, -0.1) is 0 Å². The summed E-state index contributed by atoms with van der Waals surface area (Å²) in [6.45, 7) is 4.71. The largest absolute Gasteiger partial charge is 0.442 e. The van der Waals surface area contributed by atoms with Crippen LogP contribution in [0.1, 0.15) is 43.9 Å². The van der Waals surface area contributed by atoms with E-state index in [0.29, 0.717) is 13.1 Å². The van der Waals surface area contributed by atoms with Gasteiger partial charge < -0.3 is 15.0 Å². The Morgan fingerprint density at radius 2 is 2.17 bits per heavy atom. The number of alkyl carbamates (subject to hydrolysis) is 1. The number of likely N-dealkylation sites (tertiary alicyclic amines) is 1. The summed E-state index contributed by atoms with van der Waals surface area (Å²) in [5, 5.41) is 2.69. The Labute approximate surface area is 136 Å². The van der Waals surface area contributed by atoms with Crippen molar-refractivity contribution in [2.75, 3.05) is 13.1 Å². The molecule has 1 aromatic heterocycles. The van der Waals surface area contributed by atoms with E-state index in [1.54, 1.807) is 11.1 Å². The molecule has 1 aliphatic carbocycles. The summed E-state index contributed by atoms with van der Waals surface area (Å²) in [6.07, 6.45) is 3.99. The number of amides is 2. The van der Waals surface area contributed by atoms with Crippen molar-refractivity contribution in [1.82, 2.24) is 15.2 Å². The van der Waals surface area contributed by atoms with E-state index in [-0.39, 0.29) is 24.0 Å². The number of ether oxygens (including phenoxy) is 1. The smallest absolute Gasteiger partial charge is 0.407 e. The number of hydrogen-bond acceptors (Lipinski definition) is 4. The van der Waals surface area contributed by atoms with E-state index < -0.39 is 6.09 Å². The molecule has 0 bridgehead atoms. The van der Waals surface area contributed by atoms with Crippen LogP contribution in [0.15, 0.2) is 18.3 Å². The third-order valence-electron chi connectivity index (χ3n) is 4.33. The number of rotatable bonds is 3. The summed E-state index contributed by atoms with van der Waals surface area (Å²) in [5.74, 6) is -0.0424. The van der Waals surface area contributed by atoms with Crippen molar-refractivity contribution in [2.24, 2.45) is 0 Å². The van der Waals surface area contributed by atoms with Crippen molar-refractivity contribution in [3.05, 3.63) is 29.6 Å². The zero-order chi connectivity index (χ0) is 16.4. The minimum absolute atomic E-state index is 0.0464. The fourth-order valence-electron chi connectivity index (χ4n) is 3.18. The zero-order valence-corrected chi connectivity index (χ0v) is 13.6. The first-order chi connectivity index (χ1) is 11.0. The van der Waals surface area contributed by atoms with Gasteiger partial charge in [0.2, 0.25) is 5.91 Å². The summed E-state index contributed by atoms with van der Waals surface area (Å²) in [6, 6.07) is 4.03. The molecule has 1 aliphatic heterocycles. The maximum absolute atomic E-state index is 12.7. The number of carbonyl (C=O) groups excluding carboxylic acids is 2. The van der Waals surface area contributed by atoms with Crippen molar-refractivity contribution >= 4 is 12.0 Å². The maximum atomic E-state index is 12.7. The highest BCUT2D eigenvalue weighted by Crippen LogP contribution is 2.32. The Balaban J connectivity index is 1.55. The molecule has 1 fully saturated rings. The number of nitrogens with one attached hydrogen (secondary N) is 1. The number of fused-ring (bicyclic) bond motifs is 1. The Kier molecular flexibility index (Phi) is 4.50. The van der Waals surface area contributed by atoms with E-state index in [1.807, 2.05) is 19.9 Å². The Bertz CT molecular complexity index is 597. The molecule has 23 heavy (non-hydrogen) atoms. The van der Waals surface area contributed by atoms with Crippen LogP contribution in [0.3, 0.4) is 0 Å².